The molecule has 4 aromatic rings. The lowest BCUT2D eigenvalue weighted by Crippen LogP contribution is -2.33. The average Bonchev–Trinajstić information content (AvgIpc) is 3.31. The van der Waals surface area contributed by atoms with Gasteiger partial charge in [0.05, 0.1) is 31.6 Å². The first-order chi connectivity index (χ1) is 16.5. The molecule has 1 atom stereocenters. The number of carbonyl (C=O) groups is 1. The number of thiophene rings is 1. The number of hydrogen-bond donors (Lipinski definition) is 1. The molecule has 0 aliphatic rings. The van der Waals surface area contributed by atoms with E-state index in [1.165, 1.54) is 34.9 Å². The van der Waals surface area contributed by atoms with Crippen LogP contribution in [0.15, 0.2) is 59.0 Å². The van der Waals surface area contributed by atoms with E-state index in [0.717, 1.165) is 17.5 Å². The van der Waals surface area contributed by atoms with E-state index in [1.54, 1.807) is 25.3 Å². The van der Waals surface area contributed by atoms with Crippen molar-refractivity contribution < 1.29 is 14.3 Å². The van der Waals surface area contributed by atoms with Gasteiger partial charge >= 0.3 is 0 Å². The predicted molar refractivity (Wildman–Crippen MR) is 136 cm³/mol. The molecule has 2 aromatic carbocycles. The zero-order valence-electron chi connectivity index (χ0n) is 19.6. The SMILES string of the molecule is CCc1ccc(-c2csc3ncn(C(CC)C(=O)Nc4cc(OC)ccc4OC)c(=O)c23)cc1. The van der Waals surface area contributed by atoms with E-state index < -0.39 is 6.04 Å². The highest BCUT2D eigenvalue weighted by atomic mass is 32.1. The van der Waals surface area contributed by atoms with Gasteiger partial charge in [0.1, 0.15) is 22.4 Å². The number of fused-ring (bicyclic) bond motifs is 1. The number of amides is 1. The highest BCUT2D eigenvalue weighted by molar-refractivity contribution is 7.17. The van der Waals surface area contributed by atoms with Crippen molar-refractivity contribution in [1.29, 1.82) is 0 Å². The molecule has 7 nitrogen and oxygen atoms in total. The summed E-state index contributed by atoms with van der Waals surface area (Å²) in [6.45, 7) is 3.97. The maximum absolute atomic E-state index is 13.6. The first-order valence-electron chi connectivity index (χ1n) is 11.1. The molecule has 1 N–H and O–H groups in total. The molecule has 34 heavy (non-hydrogen) atoms. The van der Waals surface area contributed by atoms with Crippen molar-refractivity contribution in [2.75, 3.05) is 19.5 Å². The lowest BCUT2D eigenvalue weighted by Gasteiger charge is -2.19. The van der Waals surface area contributed by atoms with Gasteiger partial charge in [0.25, 0.3) is 5.56 Å². The first-order valence-corrected chi connectivity index (χ1v) is 12.0. The number of benzene rings is 2. The van der Waals surface area contributed by atoms with Gasteiger partial charge in [-0.3, -0.25) is 14.2 Å². The molecule has 8 heteroatoms. The van der Waals surface area contributed by atoms with E-state index >= 15 is 0 Å². The Morgan fingerprint density at radius 3 is 2.53 bits per heavy atom. The highest BCUT2D eigenvalue weighted by Gasteiger charge is 2.24. The second-order valence-corrected chi connectivity index (χ2v) is 8.67. The Morgan fingerprint density at radius 1 is 1.12 bits per heavy atom. The fourth-order valence-electron chi connectivity index (χ4n) is 3.94. The average molecular weight is 478 g/mol. The number of rotatable bonds is 8. The number of nitrogens with zero attached hydrogens (tertiary/aromatic N) is 2. The van der Waals surface area contributed by atoms with Gasteiger partial charge in [-0.25, -0.2) is 4.98 Å². The molecule has 0 spiro atoms. The molecule has 0 saturated heterocycles. The van der Waals surface area contributed by atoms with Crippen LogP contribution in [0.5, 0.6) is 11.5 Å². The lowest BCUT2D eigenvalue weighted by molar-refractivity contribution is -0.119. The number of anilines is 1. The summed E-state index contributed by atoms with van der Waals surface area (Å²) in [4.78, 5) is 32.0. The molecule has 2 heterocycles. The van der Waals surface area contributed by atoms with Crippen LogP contribution in [0.3, 0.4) is 0 Å². The Balaban J connectivity index is 1.72. The number of aromatic nitrogens is 2. The standard InChI is InChI=1S/C26H27N3O4S/c1-5-16-7-9-17(10-8-16)19-14-34-25-23(19)26(31)29(15-27-25)21(6-2)24(30)28-20-13-18(32-3)11-12-22(20)33-4/h7-15,21H,5-6H2,1-4H3,(H,28,30). The highest BCUT2D eigenvalue weighted by Crippen LogP contribution is 2.32. The molecule has 0 aliphatic heterocycles. The van der Waals surface area contributed by atoms with Crippen molar-refractivity contribution >= 4 is 33.1 Å². The van der Waals surface area contributed by atoms with Gasteiger partial charge in [0.15, 0.2) is 0 Å². The minimum Gasteiger partial charge on any atom is -0.497 e. The third-order valence-electron chi connectivity index (χ3n) is 5.88. The fourth-order valence-corrected chi connectivity index (χ4v) is 4.84. The van der Waals surface area contributed by atoms with Gasteiger partial charge in [-0.05, 0) is 36.1 Å². The van der Waals surface area contributed by atoms with E-state index in [0.29, 0.717) is 33.8 Å². The molecular formula is C26H27N3O4S. The van der Waals surface area contributed by atoms with E-state index in [4.69, 9.17) is 9.47 Å². The van der Waals surface area contributed by atoms with Crippen LogP contribution in [0.4, 0.5) is 5.69 Å². The number of aryl methyl sites for hydroxylation is 1. The van der Waals surface area contributed by atoms with Crippen molar-refractivity contribution in [3.05, 3.63) is 70.1 Å². The third-order valence-corrected chi connectivity index (χ3v) is 6.77. The Hall–Kier alpha value is -3.65. The summed E-state index contributed by atoms with van der Waals surface area (Å²) in [6, 6.07) is 12.6. The molecule has 0 fully saturated rings. The van der Waals surface area contributed by atoms with Gasteiger partial charge in [-0.15, -0.1) is 11.3 Å². The third kappa shape index (κ3) is 4.41. The quantitative estimate of drug-likeness (QED) is 0.373. The minimum absolute atomic E-state index is 0.236. The number of hydrogen-bond acceptors (Lipinski definition) is 6. The van der Waals surface area contributed by atoms with Crippen molar-refractivity contribution in [2.45, 2.75) is 32.7 Å². The van der Waals surface area contributed by atoms with Crippen molar-refractivity contribution in [3.8, 4) is 22.6 Å². The summed E-state index contributed by atoms with van der Waals surface area (Å²) < 4.78 is 12.0. The number of methoxy groups -OCH3 is 2. The molecule has 0 aliphatic carbocycles. The summed E-state index contributed by atoms with van der Waals surface area (Å²) in [6.07, 6.45) is 2.82. The summed E-state index contributed by atoms with van der Waals surface area (Å²) in [7, 11) is 3.08. The van der Waals surface area contributed by atoms with E-state index in [2.05, 4.69) is 29.4 Å². The molecule has 1 unspecified atom stereocenters. The molecule has 176 valence electrons. The van der Waals surface area contributed by atoms with E-state index in [-0.39, 0.29) is 11.5 Å². The molecule has 4 rings (SSSR count). The van der Waals surface area contributed by atoms with E-state index in [1.807, 2.05) is 24.4 Å². The van der Waals surface area contributed by atoms with Crippen LogP contribution in [-0.4, -0.2) is 29.7 Å². The fraction of sp³-hybridized carbons (Fsp3) is 0.269. The number of nitrogens with one attached hydrogen (secondary N) is 1. The Labute approximate surface area is 202 Å². The molecule has 0 bridgehead atoms. The zero-order valence-corrected chi connectivity index (χ0v) is 20.4. The smallest absolute Gasteiger partial charge is 0.263 e. The largest absolute Gasteiger partial charge is 0.497 e. The molecule has 0 saturated carbocycles. The Bertz CT molecular complexity index is 1380. The second-order valence-electron chi connectivity index (χ2n) is 7.82. The maximum Gasteiger partial charge on any atom is 0.263 e. The van der Waals surface area contributed by atoms with Gasteiger partial charge in [0, 0.05) is 17.0 Å². The topological polar surface area (TPSA) is 82.5 Å². The Kier molecular flexibility index (Phi) is 6.98. The van der Waals surface area contributed by atoms with E-state index in [9.17, 15) is 9.59 Å². The normalized spacial score (nSPS) is 11.9. The van der Waals surface area contributed by atoms with Crippen LogP contribution in [0, 0.1) is 0 Å². The van der Waals surface area contributed by atoms with Gasteiger partial charge in [-0.2, -0.15) is 0 Å². The first kappa shape index (κ1) is 23.5. The minimum atomic E-state index is -0.740. The maximum atomic E-state index is 13.6. The summed E-state index contributed by atoms with van der Waals surface area (Å²) in [5.74, 6) is 0.753. The van der Waals surface area contributed by atoms with Crippen LogP contribution >= 0.6 is 11.3 Å². The zero-order chi connectivity index (χ0) is 24.2. The molecule has 0 radical (unpaired) electrons. The summed E-state index contributed by atoms with van der Waals surface area (Å²) in [5, 5.41) is 5.37. The molecule has 1 amide bonds. The number of carbonyl (C=O) groups excluding carboxylic acids is 1. The van der Waals surface area contributed by atoms with Gasteiger partial charge in [0.2, 0.25) is 5.91 Å². The summed E-state index contributed by atoms with van der Waals surface area (Å²) in [5.41, 5.74) is 3.26. The molecule has 2 aromatic heterocycles. The van der Waals surface area contributed by atoms with Crippen LogP contribution in [0.25, 0.3) is 21.3 Å². The van der Waals surface area contributed by atoms with Gasteiger partial charge in [-0.1, -0.05) is 38.1 Å². The van der Waals surface area contributed by atoms with Crippen LogP contribution in [-0.2, 0) is 11.2 Å². The van der Waals surface area contributed by atoms with Gasteiger partial charge < -0.3 is 14.8 Å². The monoisotopic (exact) mass is 477 g/mol. The van der Waals surface area contributed by atoms with Crippen molar-refractivity contribution in [2.24, 2.45) is 0 Å². The predicted octanol–water partition coefficient (Wildman–Crippen LogP) is 5.29. The van der Waals surface area contributed by atoms with Crippen molar-refractivity contribution in [1.82, 2.24) is 9.55 Å². The van der Waals surface area contributed by atoms with Crippen LogP contribution in [0.1, 0.15) is 31.9 Å². The molecular weight excluding hydrogens is 450 g/mol. The van der Waals surface area contributed by atoms with Crippen molar-refractivity contribution in [3.63, 3.8) is 0 Å². The van der Waals surface area contributed by atoms with Crippen LogP contribution < -0.4 is 20.3 Å². The summed E-state index contributed by atoms with van der Waals surface area (Å²) >= 11 is 1.43. The lowest BCUT2D eigenvalue weighted by atomic mass is 10.0. The van der Waals surface area contributed by atoms with Crippen LogP contribution in [0.2, 0.25) is 0 Å². The second kappa shape index (κ2) is 10.1. The number of ether oxygens (including phenoxy) is 2. The Morgan fingerprint density at radius 2 is 1.88 bits per heavy atom.